The highest BCUT2D eigenvalue weighted by atomic mass is 16.5. The molecule has 0 fully saturated rings. The van der Waals surface area contributed by atoms with Gasteiger partial charge in [0.2, 0.25) is 5.90 Å². The van der Waals surface area contributed by atoms with Gasteiger partial charge in [-0.05, 0) is 47.5 Å². The molecule has 1 amide bonds. The van der Waals surface area contributed by atoms with Gasteiger partial charge < -0.3 is 19.3 Å². The van der Waals surface area contributed by atoms with E-state index < -0.39 is 11.6 Å². The fourth-order valence-electron chi connectivity index (χ4n) is 4.24. The minimum Gasteiger partial charge on any atom is -0.497 e. The molecule has 0 radical (unpaired) electrons. The van der Waals surface area contributed by atoms with Crippen LogP contribution in [0.25, 0.3) is 0 Å². The van der Waals surface area contributed by atoms with E-state index in [1.54, 1.807) is 13.2 Å². The molecule has 3 aromatic rings. The number of amides is 1. The lowest BCUT2D eigenvalue weighted by Gasteiger charge is -2.29. The molecule has 0 bridgehead atoms. The predicted octanol–water partition coefficient (Wildman–Crippen LogP) is 4.11. The zero-order valence-corrected chi connectivity index (χ0v) is 21.4. The monoisotopic (exact) mass is 515 g/mol. The zero-order valence-electron chi connectivity index (χ0n) is 21.4. The highest BCUT2D eigenvalue weighted by Crippen LogP contribution is 2.42. The van der Waals surface area contributed by atoms with Gasteiger partial charge in [0.25, 0.3) is 5.91 Å². The Morgan fingerprint density at radius 2 is 1.79 bits per heavy atom. The van der Waals surface area contributed by atoms with Crippen molar-refractivity contribution in [2.75, 3.05) is 20.3 Å². The third-order valence-corrected chi connectivity index (χ3v) is 6.24. The maximum atomic E-state index is 13.7. The molecule has 0 spiro atoms. The van der Waals surface area contributed by atoms with E-state index >= 15 is 0 Å². The summed E-state index contributed by atoms with van der Waals surface area (Å²) < 4.78 is 17.2. The second-order valence-electron chi connectivity index (χ2n) is 8.85. The number of hydrazine groups is 1. The van der Waals surface area contributed by atoms with Gasteiger partial charge >= 0.3 is 0 Å². The fraction of sp³-hybridized carbons (Fsp3) is 0.267. The summed E-state index contributed by atoms with van der Waals surface area (Å²) in [6, 6.07) is 24.5. The minimum absolute atomic E-state index is 0.0754. The van der Waals surface area contributed by atoms with Crippen LogP contribution in [0.4, 0.5) is 0 Å². The van der Waals surface area contributed by atoms with E-state index in [0.717, 1.165) is 22.4 Å². The summed E-state index contributed by atoms with van der Waals surface area (Å²) >= 11 is 0. The fourth-order valence-corrected chi connectivity index (χ4v) is 4.24. The van der Waals surface area contributed by atoms with Crippen molar-refractivity contribution in [1.29, 1.82) is 0 Å². The summed E-state index contributed by atoms with van der Waals surface area (Å²) in [7, 11) is 1.62. The Kier molecular flexibility index (Phi) is 9.13. The van der Waals surface area contributed by atoms with Gasteiger partial charge in [-0.25, -0.2) is 10.4 Å². The summed E-state index contributed by atoms with van der Waals surface area (Å²) in [5.74, 6) is 1.49. The van der Waals surface area contributed by atoms with Crippen LogP contribution in [-0.2, 0) is 16.1 Å². The number of benzene rings is 3. The molecule has 8 nitrogen and oxygen atoms in total. The summed E-state index contributed by atoms with van der Waals surface area (Å²) in [5.41, 5.74) is 7.15. The Balaban J connectivity index is 1.57. The standard InChI is InChI=1S/C30H33N3O5/c1-3-18-30(29(35)33-31-21-22-10-14-25(36-2)15-11-22)27(23-8-5-4-6-9-23)38-28(32-30)24-12-16-26(17-13-24)37-20-7-19-34/h3-6,8-17,27,31,34H,1,7,18-21H2,2H3,(H,33,35)/t27-,30-/m0/s1. The number of aliphatic hydroxyl groups excluding tert-OH is 1. The molecular formula is C30H33N3O5. The van der Waals surface area contributed by atoms with Crippen LogP contribution in [0, 0.1) is 0 Å². The van der Waals surface area contributed by atoms with Crippen molar-refractivity contribution in [2.24, 2.45) is 4.99 Å². The molecule has 3 aromatic carbocycles. The van der Waals surface area contributed by atoms with Crippen LogP contribution < -0.4 is 20.3 Å². The Morgan fingerprint density at radius 1 is 1.08 bits per heavy atom. The number of aliphatic hydroxyl groups is 1. The third-order valence-electron chi connectivity index (χ3n) is 6.24. The van der Waals surface area contributed by atoms with Crippen LogP contribution in [0.15, 0.2) is 96.5 Å². The molecule has 0 aromatic heterocycles. The van der Waals surface area contributed by atoms with Crippen molar-refractivity contribution in [3.63, 3.8) is 0 Å². The lowest BCUT2D eigenvalue weighted by atomic mass is 9.84. The van der Waals surface area contributed by atoms with Gasteiger partial charge in [0.1, 0.15) is 11.5 Å². The molecule has 1 aliphatic rings. The van der Waals surface area contributed by atoms with Crippen molar-refractivity contribution in [3.8, 4) is 11.5 Å². The number of carbonyl (C=O) groups is 1. The van der Waals surface area contributed by atoms with Gasteiger partial charge in [-0.3, -0.25) is 10.2 Å². The number of aliphatic imine (C=N–C) groups is 1. The van der Waals surface area contributed by atoms with Crippen molar-refractivity contribution >= 4 is 11.8 Å². The largest absolute Gasteiger partial charge is 0.497 e. The van der Waals surface area contributed by atoms with E-state index in [9.17, 15) is 4.79 Å². The highest BCUT2D eigenvalue weighted by Gasteiger charge is 2.52. The van der Waals surface area contributed by atoms with Gasteiger partial charge in [0, 0.05) is 31.6 Å². The quantitative estimate of drug-likeness (QED) is 0.180. The van der Waals surface area contributed by atoms with E-state index in [1.165, 1.54) is 0 Å². The van der Waals surface area contributed by atoms with Crippen molar-refractivity contribution in [3.05, 3.63) is 108 Å². The Morgan fingerprint density at radius 3 is 2.45 bits per heavy atom. The number of hydrogen-bond donors (Lipinski definition) is 3. The van der Waals surface area contributed by atoms with E-state index in [0.29, 0.717) is 31.2 Å². The summed E-state index contributed by atoms with van der Waals surface area (Å²) in [6.45, 7) is 4.82. The number of ether oxygens (including phenoxy) is 3. The van der Waals surface area contributed by atoms with Gasteiger partial charge in [-0.1, -0.05) is 48.5 Å². The van der Waals surface area contributed by atoms with Crippen molar-refractivity contribution in [1.82, 2.24) is 10.9 Å². The normalized spacial score (nSPS) is 18.3. The molecule has 1 heterocycles. The van der Waals surface area contributed by atoms with Gasteiger partial charge in [-0.15, -0.1) is 6.58 Å². The van der Waals surface area contributed by atoms with Gasteiger partial charge in [0.05, 0.1) is 13.7 Å². The van der Waals surface area contributed by atoms with E-state index in [1.807, 2.05) is 78.9 Å². The smallest absolute Gasteiger partial charge is 0.266 e. The molecular weight excluding hydrogens is 482 g/mol. The SMILES string of the molecule is C=CC[C@]1(C(=O)NNCc2ccc(OC)cc2)N=C(c2ccc(OCCCO)cc2)O[C@H]1c1ccccc1. The first kappa shape index (κ1) is 26.9. The molecule has 198 valence electrons. The van der Waals surface area contributed by atoms with Crippen LogP contribution >= 0.6 is 0 Å². The zero-order chi connectivity index (χ0) is 26.8. The van der Waals surface area contributed by atoms with E-state index in [2.05, 4.69) is 17.4 Å². The minimum atomic E-state index is -1.26. The van der Waals surface area contributed by atoms with Crippen LogP contribution in [-0.4, -0.2) is 42.8 Å². The summed E-state index contributed by atoms with van der Waals surface area (Å²) in [4.78, 5) is 18.6. The molecule has 0 saturated heterocycles. The topological polar surface area (TPSA) is 101 Å². The summed E-state index contributed by atoms with van der Waals surface area (Å²) in [5, 5.41) is 8.96. The van der Waals surface area contributed by atoms with Crippen LogP contribution in [0.3, 0.4) is 0 Å². The first-order valence-corrected chi connectivity index (χ1v) is 12.5. The maximum absolute atomic E-state index is 13.7. The molecule has 0 aliphatic carbocycles. The first-order valence-electron chi connectivity index (χ1n) is 12.5. The Hall–Kier alpha value is -4.14. The number of carbonyl (C=O) groups excluding carboxylic acids is 1. The third kappa shape index (κ3) is 6.22. The molecule has 1 aliphatic heterocycles. The van der Waals surface area contributed by atoms with Crippen molar-refractivity contribution in [2.45, 2.75) is 31.0 Å². The Labute approximate surface area is 222 Å². The number of nitrogens with zero attached hydrogens (tertiary/aromatic N) is 1. The maximum Gasteiger partial charge on any atom is 0.266 e. The number of rotatable bonds is 13. The van der Waals surface area contributed by atoms with E-state index in [-0.39, 0.29) is 18.9 Å². The van der Waals surface area contributed by atoms with Gasteiger partial charge in [-0.2, -0.15) is 0 Å². The lowest BCUT2D eigenvalue weighted by Crippen LogP contribution is -2.52. The summed E-state index contributed by atoms with van der Waals surface area (Å²) in [6.07, 6.45) is 1.86. The average molecular weight is 516 g/mol. The van der Waals surface area contributed by atoms with Crippen LogP contribution in [0.2, 0.25) is 0 Å². The number of hydrogen-bond acceptors (Lipinski definition) is 7. The average Bonchev–Trinajstić information content (AvgIpc) is 3.35. The highest BCUT2D eigenvalue weighted by molar-refractivity contribution is 6.01. The predicted molar refractivity (Wildman–Crippen MR) is 146 cm³/mol. The Bertz CT molecular complexity index is 1230. The van der Waals surface area contributed by atoms with Crippen LogP contribution in [0.1, 0.15) is 35.6 Å². The van der Waals surface area contributed by atoms with E-state index in [4.69, 9.17) is 24.3 Å². The molecule has 0 unspecified atom stereocenters. The second kappa shape index (κ2) is 12.9. The lowest BCUT2D eigenvalue weighted by molar-refractivity contribution is -0.129. The second-order valence-corrected chi connectivity index (χ2v) is 8.85. The molecule has 38 heavy (non-hydrogen) atoms. The molecule has 2 atom stereocenters. The van der Waals surface area contributed by atoms with Crippen LogP contribution in [0.5, 0.6) is 11.5 Å². The molecule has 3 N–H and O–H groups in total. The molecule has 4 rings (SSSR count). The number of methoxy groups -OCH3 is 1. The van der Waals surface area contributed by atoms with Crippen molar-refractivity contribution < 1.29 is 24.1 Å². The molecule has 0 saturated carbocycles. The molecule has 8 heteroatoms. The number of nitrogens with one attached hydrogen (secondary N) is 2. The van der Waals surface area contributed by atoms with Gasteiger partial charge in [0.15, 0.2) is 11.6 Å². The first-order chi connectivity index (χ1) is 18.6.